The summed E-state index contributed by atoms with van der Waals surface area (Å²) in [6.45, 7) is 6.23. The lowest BCUT2D eigenvalue weighted by Crippen LogP contribution is -2.51. The SMILES string of the molecule is CC(C)(C)CC(=O)Nc1ccc(Cl)c(CN(C(=O)c2cccc(F)c2)C2CCCCC2N)c1. The molecule has 0 heterocycles. The molecule has 1 aliphatic rings. The maximum Gasteiger partial charge on any atom is 0.254 e. The Morgan fingerprint density at radius 3 is 2.55 bits per heavy atom. The van der Waals surface area contributed by atoms with E-state index in [9.17, 15) is 14.0 Å². The topological polar surface area (TPSA) is 75.4 Å². The Morgan fingerprint density at radius 2 is 1.88 bits per heavy atom. The van der Waals surface area contributed by atoms with Crippen LogP contribution in [0.1, 0.15) is 68.8 Å². The first-order chi connectivity index (χ1) is 15.5. The van der Waals surface area contributed by atoms with E-state index in [1.807, 2.05) is 20.8 Å². The number of rotatable bonds is 6. The first kappa shape index (κ1) is 25.2. The summed E-state index contributed by atoms with van der Waals surface area (Å²) in [5, 5.41) is 3.41. The highest BCUT2D eigenvalue weighted by atomic mass is 35.5. The van der Waals surface area contributed by atoms with Gasteiger partial charge in [0.15, 0.2) is 0 Å². The number of hydrogen-bond donors (Lipinski definition) is 2. The Kier molecular flexibility index (Phi) is 8.14. The van der Waals surface area contributed by atoms with Gasteiger partial charge in [0, 0.05) is 41.3 Å². The van der Waals surface area contributed by atoms with Crippen LogP contribution in [0.25, 0.3) is 0 Å². The van der Waals surface area contributed by atoms with E-state index in [1.165, 1.54) is 18.2 Å². The van der Waals surface area contributed by atoms with Gasteiger partial charge in [0.2, 0.25) is 5.91 Å². The van der Waals surface area contributed by atoms with Gasteiger partial charge in [0.1, 0.15) is 5.82 Å². The second-order valence-electron chi connectivity index (χ2n) is 10.1. The third kappa shape index (κ3) is 7.02. The zero-order valence-corrected chi connectivity index (χ0v) is 20.3. The lowest BCUT2D eigenvalue weighted by molar-refractivity contribution is -0.117. The van der Waals surface area contributed by atoms with Gasteiger partial charge < -0.3 is 16.0 Å². The molecule has 33 heavy (non-hydrogen) atoms. The van der Waals surface area contributed by atoms with Crippen LogP contribution < -0.4 is 11.1 Å². The molecular weight excluding hydrogens is 441 g/mol. The van der Waals surface area contributed by atoms with Crippen molar-refractivity contribution in [2.75, 3.05) is 5.32 Å². The van der Waals surface area contributed by atoms with Gasteiger partial charge in [-0.2, -0.15) is 0 Å². The number of amides is 2. The van der Waals surface area contributed by atoms with Crippen LogP contribution in [0.15, 0.2) is 42.5 Å². The first-order valence-electron chi connectivity index (χ1n) is 11.4. The molecule has 178 valence electrons. The van der Waals surface area contributed by atoms with E-state index in [4.69, 9.17) is 17.3 Å². The summed E-state index contributed by atoms with van der Waals surface area (Å²) in [6.07, 6.45) is 3.99. The number of hydrogen-bond acceptors (Lipinski definition) is 3. The van der Waals surface area contributed by atoms with E-state index in [0.717, 1.165) is 25.7 Å². The summed E-state index contributed by atoms with van der Waals surface area (Å²) < 4.78 is 13.8. The minimum Gasteiger partial charge on any atom is -0.330 e. The number of nitrogens with two attached hydrogens (primary N) is 1. The standard InChI is InChI=1S/C26H33ClFN3O2/c1-26(2,3)15-24(32)30-20-11-12-21(27)18(14-20)16-31(23-10-5-4-9-22(23)29)25(33)17-7-6-8-19(28)13-17/h6-8,11-14,22-23H,4-5,9-10,15-16,29H2,1-3H3,(H,30,32). The molecule has 2 unspecified atom stereocenters. The molecule has 0 bridgehead atoms. The van der Waals surface area contributed by atoms with Crippen LogP contribution >= 0.6 is 11.6 Å². The average Bonchev–Trinajstić information content (AvgIpc) is 2.73. The minimum absolute atomic E-state index is 0.0854. The molecule has 0 aromatic heterocycles. The molecule has 1 aliphatic carbocycles. The molecule has 3 rings (SSSR count). The highest BCUT2D eigenvalue weighted by Gasteiger charge is 2.32. The van der Waals surface area contributed by atoms with E-state index in [2.05, 4.69) is 5.32 Å². The third-order valence-electron chi connectivity index (χ3n) is 5.88. The zero-order chi connectivity index (χ0) is 24.2. The quantitative estimate of drug-likeness (QED) is 0.559. The smallest absolute Gasteiger partial charge is 0.254 e. The monoisotopic (exact) mass is 473 g/mol. The van der Waals surface area contributed by atoms with E-state index < -0.39 is 5.82 Å². The maximum absolute atomic E-state index is 13.8. The second-order valence-corrected chi connectivity index (χ2v) is 10.5. The van der Waals surface area contributed by atoms with Gasteiger partial charge in [-0.05, 0) is 60.2 Å². The molecule has 0 spiro atoms. The predicted octanol–water partition coefficient (Wildman–Crippen LogP) is 5.77. The van der Waals surface area contributed by atoms with Gasteiger partial charge in [-0.25, -0.2) is 4.39 Å². The summed E-state index contributed by atoms with van der Waals surface area (Å²) in [7, 11) is 0. The van der Waals surface area contributed by atoms with E-state index in [1.54, 1.807) is 29.2 Å². The molecule has 0 saturated heterocycles. The third-order valence-corrected chi connectivity index (χ3v) is 6.24. The number of halogens is 2. The number of benzene rings is 2. The molecule has 0 radical (unpaired) electrons. The molecular formula is C26H33ClFN3O2. The molecule has 7 heteroatoms. The van der Waals surface area contributed by atoms with E-state index in [-0.39, 0.29) is 41.4 Å². The fraction of sp³-hybridized carbons (Fsp3) is 0.462. The zero-order valence-electron chi connectivity index (χ0n) is 19.5. The Hall–Kier alpha value is -2.44. The van der Waals surface area contributed by atoms with Gasteiger partial charge in [-0.3, -0.25) is 9.59 Å². The van der Waals surface area contributed by atoms with Gasteiger partial charge >= 0.3 is 0 Å². The molecule has 5 nitrogen and oxygen atoms in total. The Bertz CT molecular complexity index is 1010. The lowest BCUT2D eigenvalue weighted by atomic mass is 9.89. The van der Waals surface area contributed by atoms with Gasteiger partial charge in [-0.15, -0.1) is 0 Å². The number of nitrogens with zero attached hydrogens (tertiary/aromatic N) is 1. The molecule has 3 N–H and O–H groups in total. The van der Waals surface area contributed by atoms with Crippen molar-refractivity contribution >= 4 is 29.1 Å². The number of anilines is 1. The molecule has 2 aromatic rings. The van der Waals surface area contributed by atoms with Gasteiger partial charge in [0.05, 0.1) is 0 Å². The van der Waals surface area contributed by atoms with Crippen molar-refractivity contribution in [3.63, 3.8) is 0 Å². The Morgan fingerprint density at radius 1 is 1.15 bits per heavy atom. The van der Waals surface area contributed by atoms with Crippen molar-refractivity contribution in [3.05, 3.63) is 64.4 Å². The Balaban J connectivity index is 1.89. The fourth-order valence-electron chi connectivity index (χ4n) is 4.30. The molecule has 2 atom stereocenters. The lowest BCUT2D eigenvalue weighted by Gasteiger charge is -2.38. The highest BCUT2D eigenvalue weighted by molar-refractivity contribution is 6.31. The minimum atomic E-state index is -0.463. The molecule has 2 aromatic carbocycles. The van der Waals surface area contributed by atoms with Crippen molar-refractivity contribution in [2.45, 2.75) is 71.5 Å². The first-order valence-corrected chi connectivity index (χ1v) is 11.8. The Labute approximate surface area is 200 Å². The van der Waals surface area contributed by atoms with Crippen molar-refractivity contribution < 1.29 is 14.0 Å². The second kappa shape index (κ2) is 10.7. The van der Waals surface area contributed by atoms with Crippen LogP contribution in [0.5, 0.6) is 0 Å². The highest BCUT2D eigenvalue weighted by Crippen LogP contribution is 2.29. The molecule has 0 aliphatic heterocycles. The summed E-state index contributed by atoms with van der Waals surface area (Å²) >= 11 is 6.49. The normalized spacial score (nSPS) is 18.6. The number of carbonyl (C=O) groups is 2. The summed E-state index contributed by atoms with van der Waals surface area (Å²) in [5.74, 6) is -0.830. The van der Waals surface area contributed by atoms with Crippen LogP contribution in [0.3, 0.4) is 0 Å². The summed E-state index contributed by atoms with van der Waals surface area (Å²) in [4.78, 5) is 27.6. The van der Waals surface area contributed by atoms with Crippen LogP contribution in [0, 0.1) is 11.2 Å². The van der Waals surface area contributed by atoms with Crippen molar-refractivity contribution in [2.24, 2.45) is 11.1 Å². The van der Waals surface area contributed by atoms with Crippen molar-refractivity contribution in [3.8, 4) is 0 Å². The van der Waals surface area contributed by atoms with Crippen LogP contribution in [-0.2, 0) is 11.3 Å². The molecule has 1 saturated carbocycles. The summed E-state index contributed by atoms with van der Waals surface area (Å²) in [5.41, 5.74) is 7.88. The molecule has 1 fully saturated rings. The van der Waals surface area contributed by atoms with Crippen LogP contribution in [-0.4, -0.2) is 28.8 Å². The maximum atomic E-state index is 13.8. The van der Waals surface area contributed by atoms with Crippen molar-refractivity contribution in [1.29, 1.82) is 0 Å². The van der Waals surface area contributed by atoms with E-state index >= 15 is 0 Å². The van der Waals surface area contributed by atoms with Crippen LogP contribution in [0.4, 0.5) is 10.1 Å². The fourth-order valence-corrected chi connectivity index (χ4v) is 4.48. The van der Waals surface area contributed by atoms with Gasteiger partial charge in [0.25, 0.3) is 5.91 Å². The van der Waals surface area contributed by atoms with Gasteiger partial charge in [-0.1, -0.05) is 51.3 Å². The van der Waals surface area contributed by atoms with Crippen molar-refractivity contribution in [1.82, 2.24) is 4.90 Å². The average molecular weight is 474 g/mol. The number of carbonyl (C=O) groups excluding carboxylic acids is 2. The van der Waals surface area contributed by atoms with Crippen LogP contribution in [0.2, 0.25) is 5.02 Å². The molecule has 2 amide bonds. The largest absolute Gasteiger partial charge is 0.330 e. The number of nitrogens with one attached hydrogen (secondary N) is 1. The summed E-state index contributed by atoms with van der Waals surface area (Å²) in [6, 6.07) is 10.6. The van der Waals surface area contributed by atoms with E-state index in [0.29, 0.717) is 22.7 Å². The predicted molar refractivity (Wildman–Crippen MR) is 131 cm³/mol.